The predicted molar refractivity (Wildman–Crippen MR) is 65.8 cm³/mol. The van der Waals surface area contributed by atoms with Crippen LogP contribution in [0, 0.1) is 5.92 Å². The van der Waals surface area contributed by atoms with E-state index >= 15 is 0 Å². The van der Waals surface area contributed by atoms with Crippen LogP contribution in [0.3, 0.4) is 0 Å². The van der Waals surface area contributed by atoms with Crippen molar-refractivity contribution in [2.24, 2.45) is 11.8 Å². The number of hydrazine groups is 1. The zero-order chi connectivity index (χ0) is 11.2. The molecule has 0 spiro atoms. The van der Waals surface area contributed by atoms with Gasteiger partial charge in [-0.15, -0.1) is 0 Å². The van der Waals surface area contributed by atoms with Gasteiger partial charge in [-0.2, -0.15) is 0 Å². The van der Waals surface area contributed by atoms with Crippen molar-refractivity contribution in [3.8, 4) is 0 Å². The first-order chi connectivity index (χ1) is 7.92. The Morgan fingerprint density at radius 1 is 1.25 bits per heavy atom. The van der Waals surface area contributed by atoms with Crippen molar-refractivity contribution in [1.82, 2.24) is 5.43 Å². The highest BCUT2D eigenvalue weighted by molar-refractivity contribution is 5.13. The van der Waals surface area contributed by atoms with Gasteiger partial charge >= 0.3 is 0 Å². The summed E-state index contributed by atoms with van der Waals surface area (Å²) in [7, 11) is 0. The average Bonchev–Trinajstić information content (AvgIpc) is 2.61. The van der Waals surface area contributed by atoms with Crippen LogP contribution in [0.15, 0.2) is 11.6 Å². The first-order valence-electron chi connectivity index (χ1n) is 6.64. The fourth-order valence-corrected chi connectivity index (χ4v) is 2.92. The van der Waals surface area contributed by atoms with Gasteiger partial charge < -0.3 is 4.74 Å². The van der Waals surface area contributed by atoms with E-state index in [0.29, 0.717) is 12.0 Å². The lowest BCUT2D eigenvalue weighted by Gasteiger charge is -2.31. The minimum absolute atomic E-state index is 0.391. The van der Waals surface area contributed by atoms with Gasteiger partial charge in [0.25, 0.3) is 0 Å². The molecule has 92 valence electrons. The van der Waals surface area contributed by atoms with Crippen molar-refractivity contribution in [3.05, 3.63) is 11.6 Å². The van der Waals surface area contributed by atoms with E-state index in [9.17, 15) is 0 Å². The lowest BCUT2D eigenvalue weighted by Crippen LogP contribution is -2.44. The Kier molecular flexibility index (Phi) is 4.82. The Balaban J connectivity index is 1.98. The molecule has 1 aliphatic carbocycles. The first kappa shape index (κ1) is 12.1. The SMILES string of the molecule is NNC(C1=CCCCCC1)C1CCOCC1. The molecule has 1 fully saturated rings. The molecule has 3 N–H and O–H groups in total. The van der Waals surface area contributed by atoms with Crippen molar-refractivity contribution in [2.75, 3.05) is 13.2 Å². The van der Waals surface area contributed by atoms with Gasteiger partial charge in [-0.25, -0.2) is 0 Å². The molecule has 3 nitrogen and oxygen atoms in total. The van der Waals surface area contributed by atoms with Gasteiger partial charge in [-0.1, -0.05) is 18.1 Å². The zero-order valence-electron chi connectivity index (χ0n) is 10.1. The normalized spacial score (nSPS) is 25.9. The Morgan fingerprint density at radius 2 is 2.06 bits per heavy atom. The Morgan fingerprint density at radius 3 is 2.81 bits per heavy atom. The lowest BCUT2D eigenvalue weighted by molar-refractivity contribution is 0.0576. The van der Waals surface area contributed by atoms with E-state index in [1.54, 1.807) is 5.57 Å². The Hall–Kier alpha value is -0.380. The molecule has 2 aliphatic rings. The molecule has 0 saturated carbocycles. The highest BCUT2D eigenvalue weighted by Crippen LogP contribution is 2.28. The minimum atomic E-state index is 0.391. The molecule has 16 heavy (non-hydrogen) atoms. The molecule has 0 radical (unpaired) electrons. The molecule has 0 amide bonds. The topological polar surface area (TPSA) is 47.3 Å². The molecule has 1 saturated heterocycles. The quantitative estimate of drug-likeness (QED) is 0.438. The molecule has 0 aromatic rings. The maximum Gasteiger partial charge on any atom is 0.0469 e. The number of hydrogen-bond donors (Lipinski definition) is 2. The molecule has 0 aromatic carbocycles. The summed E-state index contributed by atoms with van der Waals surface area (Å²) < 4.78 is 5.42. The van der Waals surface area contributed by atoms with Gasteiger partial charge in [0, 0.05) is 19.3 Å². The van der Waals surface area contributed by atoms with E-state index < -0.39 is 0 Å². The Labute approximate surface area is 98.4 Å². The van der Waals surface area contributed by atoms with Crippen LogP contribution in [0.1, 0.15) is 44.9 Å². The van der Waals surface area contributed by atoms with E-state index in [2.05, 4.69) is 11.5 Å². The zero-order valence-corrected chi connectivity index (χ0v) is 10.1. The first-order valence-corrected chi connectivity index (χ1v) is 6.64. The molecular formula is C13H24N2O. The molecule has 1 atom stereocenters. The van der Waals surface area contributed by atoms with Crippen LogP contribution in [0.25, 0.3) is 0 Å². The highest BCUT2D eigenvalue weighted by Gasteiger charge is 2.26. The molecule has 1 unspecified atom stereocenters. The van der Waals surface area contributed by atoms with Crippen molar-refractivity contribution in [2.45, 2.75) is 51.0 Å². The maximum absolute atomic E-state index is 5.75. The summed E-state index contributed by atoms with van der Waals surface area (Å²) in [6.07, 6.45) is 11.2. The van der Waals surface area contributed by atoms with Gasteiger partial charge in [0.2, 0.25) is 0 Å². The largest absolute Gasteiger partial charge is 0.381 e. The lowest BCUT2D eigenvalue weighted by atomic mass is 9.85. The number of nitrogens with two attached hydrogens (primary N) is 1. The van der Waals surface area contributed by atoms with Gasteiger partial charge in [-0.3, -0.25) is 11.3 Å². The smallest absolute Gasteiger partial charge is 0.0469 e. The molecule has 0 bridgehead atoms. The third-order valence-corrected chi connectivity index (χ3v) is 3.89. The van der Waals surface area contributed by atoms with Crippen LogP contribution < -0.4 is 11.3 Å². The van der Waals surface area contributed by atoms with Crippen LogP contribution >= 0.6 is 0 Å². The van der Waals surface area contributed by atoms with Gasteiger partial charge in [0.1, 0.15) is 0 Å². The molecule has 1 aliphatic heterocycles. The summed E-state index contributed by atoms with van der Waals surface area (Å²) in [5.41, 5.74) is 4.59. The summed E-state index contributed by atoms with van der Waals surface area (Å²) in [6, 6.07) is 0.391. The predicted octanol–water partition coefficient (Wildman–Crippen LogP) is 2.14. The van der Waals surface area contributed by atoms with E-state index in [1.165, 1.54) is 32.1 Å². The fourth-order valence-electron chi connectivity index (χ4n) is 2.92. The highest BCUT2D eigenvalue weighted by atomic mass is 16.5. The van der Waals surface area contributed by atoms with Crippen LogP contribution in [0.4, 0.5) is 0 Å². The third-order valence-electron chi connectivity index (χ3n) is 3.89. The number of ether oxygens (including phenoxy) is 1. The van der Waals surface area contributed by atoms with Crippen molar-refractivity contribution in [3.63, 3.8) is 0 Å². The standard InChI is InChI=1S/C13H24N2O/c14-15-13(12-7-9-16-10-8-12)11-5-3-1-2-4-6-11/h5,12-13,15H,1-4,6-10,14H2. The summed E-state index contributed by atoms with van der Waals surface area (Å²) in [5, 5.41) is 0. The molecule has 1 heterocycles. The number of hydrogen-bond acceptors (Lipinski definition) is 3. The summed E-state index contributed by atoms with van der Waals surface area (Å²) in [5.74, 6) is 6.42. The number of nitrogens with one attached hydrogen (secondary N) is 1. The fraction of sp³-hybridized carbons (Fsp3) is 0.846. The van der Waals surface area contributed by atoms with Gasteiger partial charge in [-0.05, 0) is 44.4 Å². The Bertz CT molecular complexity index is 234. The van der Waals surface area contributed by atoms with E-state index in [1.807, 2.05) is 0 Å². The molecule has 3 heteroatoms. The van der Waals surface area contributed by atoms with E-state index in [0.717, 1.165) is 26.1 Å². The second kappa shape index (κ2) is 6.38. The van der Waals surface area contributed by atoms with Crippen LogP contribution in [0.5, 0.6) is 0 Å². The second-order valence-corrected chi connectivity index (χ2v) is 4.97. The monoisotopic (exact) mass is 224 g/mol. The number of allylic oxidation sites excluding steroid dienone is 1. The summed E-state index contributed by atoms with van der Waals surface area (Å²) in [4.78, 5) is 0. The van der Waals surface area contributed by atoms with Gasteiger partial charge in [0.05, 0.1) is 0 Å². The van der Waals surface area contributed by atoms with E-state index in [4.69, 9.17) is 10.6 Å². The summed E-state index contributed by atoms with van der Waals surface area (Å²) in [6.45, 7) is 1.80. The maximum atomic E-state index is 5.75. The molecular weight excluding hydrogens is 200 g/mol. The second-order valence-electron chi connectivity index (χ2n) is 4.97. The summed E-state index contributed by atoms with van der Waals surface area (Å²) >= 11 is 0. The van der Waals surface area contributed by atoms with Crippen molar-refractivity contribution < 1.29 is 4.74 Å². The van der Waals surface area contributed by atoms with Crippen molar-refractivity contribution >= 4 is 0 Å². The number of rotatable bonds is 3. The van der Waals surface area contributed by atoms with Gasteiger partial charge in [0.15, 0.2) is 0 Å². The van der Waals surface area contributed by atoms with Crippen molar-refractivity contribution in [1.29, 1.82) is 0 Å². The average molecular weight is 224 g/mol. The third kappa shape index (κ3) is 3.06. The molecule has 2 rings (SSSR count). The van der Waals surface area contributed by atoms with E-state index in [-0.39, 0.29) is 0 Å². The van der Waals surface area contributed by atoms with Crippen LogP contribution in [0.2, 0.25) is 0 Å². The van der Waals surface area contributed by atoms with Crippen LogP contribution in [-0.2, 0) is 4.74 Å². The van der Waals surface area contributed by atoms with Crippen LogP contribution in [-0.4, -0.2) is 19.3 Å². The minimum Gasteiger partial charge on any atom is -0.381 e. The molecule has 0 aromatic heterocycles.